The molecule has 0 aliphatic heterocycles. The highest BCUT2D eigenvalue weighted by atomic mass is 35.5. The zero-order chi connectivity index (χ0) is 14.5. The van der Waals surface area contributed by atoms with Crippen molar-refractivity contribution in [1.82, 2.24) is 5.32 Å². The second kappa shape index (κ2) is 8.25. The standard InChI is InChI=1S/C16H24N2O2.ClH/c1-11-3-6-15(12(2)9-11)20-8-7-16(19)18-14(10-17)13-4-5-13;/h3,6,9,13-14H,4-5,7-8,10,17H2,1-2H3,(H,18,19);1H. The van der Waals surface area contributed by atoms with Crippen molar-refractivity contribution in [3.05, 3.63) is 29.3 Å². The van der Waals surface area contributed by atoms with E-state index in [0.717, 1.165) is 11.3 Å². The van der Waals surface area contributed by atoms with Gasteiger partial charge in [-0.15, -0.1) is 12.4 Å². The summed E-state index contributed by atoms with van der Waals surface area (Å²) in [6.07, 6.45) is 2.74. The summed E-state index contributed by atoms with van der Waals surface area (Å²) in [5.41, 5.74) is 7.98. The number of hydrogen-bond donors (Lipinski definition) is 2. The Labute approximate surface area is 132 Å². The summed E-state index contributed by atoms with van der Waals surface area (Å²) >= 11 is 0. The van der Waals surface area contributed by atoms with Crippen molar-refractivity contribution in [3.63, 3.8) is 0 Å². The van der Waals surface area contributed by atoms with Gasteiger partial charge in [0.15, 0.2) is 0 Å². The third-order valence-electron chi connectivity index (χ3n) is 3.71. The molecular formula is C16H25ClN2O2. The Balaban J connectivity index is 0.00000220. The van der Waals surface area contributed by atoms with Crippen LogP contribution in [0.3, 0.4) is 0 Å². The maximum Gasteiger partial charge on any atom is 0.223 e. The monoisotopic (exact) mass is 312 g/mol. The molecule has 1 aliphatic rings. The van der Waals surface area contributed by atoms with Crippen molar-refractivity contribution < 1.29 is 9.53 Å². The van der Waals surface area contributed by atoms with Crippen LogP contribution in [0.5, 0.6) is 5.75 Å². The van der Waals surface area contributed by atoms with Crippen molar-refractivity contribution in [2.75, 3.05) is 13.2 Å². The van der Waals surface area contributed by atoms with Crippen LogP contribution < -0.4 is 15.8 Å². The molecule has 4 nitrogen and oxygen atoms in total. The van der Waals surface area contributed by atoms with Crippen LogP contribution in [0.2, 0.25) is 0 Å². The lowest BCUT2D eigenvalue weighted by molar-refractivity contribution is -0.122. The molecule has 3 N–H and O–H groups in total. The Morgan fingerprint density at radius 2 is 2.14 bits per heavy atom. The lowest BCUT2D eigenvalue weighted by atomic mass is 10.1. The lowest BCUT2D eigenvalue weighted by Gasteiger charge is -2.16. The van der Waals surface area contributed by atoms with Gasteiger partial charge in [-0.2, -0.15) is 0 Å². The van der Waals surface area contributed by atoms with Crippen LogP contribution in [-0.2, 0) is 4.79 Å². The van der Waals surface area contributed by atoms with Gasteiger partial charge >= 0.3 is 0 Å². The van der Waals surface area contributed by atoms with Crippen molar-refractivity contribution >= 4 is 18.3 Å². The summed E-state index contributed by atoms with van der Waals surface area (Å²) in [7, 11) is 0. The molecule has 2 rings (SSSR count). The van der Waals surface area contributed by atoms with Gasteiger partial charge < -0.3 is 15.8 Å². The fourth-order valence-electron chi connectivity index (χ4n) is 2.36. The molecule has 1 atom stereocenters. The molecule has 1 aromatic carbocycles. The first kappa shape index (κ1) is 17.8. The van der Waals surface area contributed by atoms with Crippen LogP contribution in [0.25, 0.3) is 0 Å². The molecule has 0 heterocycles. The van der Waals surface area contributed by atoms with Crippen LogP contribution in [0.4, 0.5) is 0 Å². The van der Waals surface area contributed by atoms with Crippen LogP contribution in [0.1, 0.15) is 30.4 Å². The molecule has 0 radical (unpaired) electrons. The number of ether oxygens (including phenoxy) is 1. The first-order chi connectivity index (χ1) is 9.60. The maximum absolute atomic E-state index is 11.8. The summed E-state index contributed by atoms with van der Waals surface area (Å²) in [4.78, 5) is 11.8. The minimum absolute atomic E-state index is 0. The zero-order valence-corrected chi connectivity index (χ0v) is 13.5. The van der Waals surface area contributed by atoms with E-state index in [1.165, 1.54) is 18.4 Å². The number of carbonyl (C=O) groups is 1. The Kier molecular flexibility index (Phi) is 6.99. The third kappa shape index (κ3) is 5.56. The topological polar surface area (TPSA) is 64.3 Å². The van der Waals surface area contributed by atoms with E-state index in [9.17, 15) is 4.79 Å². The Hall–Kier alpha value is -1.26. The second-order valence-electron chi connectivity index (χ2n) is 5.61. The quantitative estimate of drug-likeness (QED) is 0.812. The number of carbonyl (C=O) groups excluding carboxylic acids is 1. The normalized spacial score (nSPS) is 15.0. The van der Waals surface area contributed by atoms with Gasteiger partial charge in [0.25, 0.3) is 0 Å². The van der Waals surface area contributed by atoms with Crippen LogP contribution >= 0.6 is 12.4 Å². The summed E-state index contributed by atoms with van der Waals surface area (Å²) in [5.74, 6) is 1.46. The van der Waals surface area contributed by atoms with Crippen molar-refractivity contribution in [2.24, 2.45) is 11.7 Å². The number of benzene rings is 1. The average molecular weight is 313 g/mol. The Morgan fingerprint density at radius 3 is 2.71 bits per heavy atom. The minimum Gasteiger partial charge on any atom is -0.493 e. The highest BCUT2D eigenvalue weighted by Crippen LogP contribution is 2.32. The van der Waals surface area contributed by atoms with Gasteiger partial charge in [0.2, 0.25) is 5.91 Å². The summed E-state index contributed by atoms with van der Waals surface area (Å²) in [5, 5.41) is 2.99. The predicted octanol–water partition coefficient (Wildman–Crippen LogP) is 2.35. The zero-order valence-electron chi connectivity index (χ0n) is 12.7. The SMILES string of the molecule is Cc1ccc(OCCC(=O)NC(CN)C2CC2)c(C)c1.Cl. The van der Waals surface area contributed by atoms with Crippen molar-refractivity contribution in [3.8, 4) is 5.75 Å². The largest absolute Gasteiger partial charge is 0.493 e. The van der Waals surface area contributed by atoms with E-state index < -0.39 is 0 Å². The number of nitrogens with two attached hydrogens (primary N) is 1. The molecule has 118 valence electrons. The van der Waals surface area contributed by atoms with Gasteiger partial charge in [-0.1, -0.05) is 17.7 Å². The number of aryl methyl sites for hydroxylation is 2. The second-order valence-corrected chi connectivity index (χ2v) is 5.61. The summed E-state index contributed by atoms with van der Waals surface area (Å²) in [6.45, 7) is 4.99. The molecule has 5 heteroatoms. The fourth-order valence-corrected chi connectivity index (χ4v) is 2.36. The van der Waals surface area contributed by atoms with E-state index in [2.05, 4.69) is 18.3 Å². The molecule has 0 saturated heterocycles. The molecule has 21 heavy (non-hydrogen) atoms. The average Bonchev–Trinajstić information content (AvgIpc) is 3.23. The maximum atomic E-state index is 11.8. The predicted molar refractivity (Wildman–Crippen MR) is 87.0 cm³/mol. The van der Waals surface area contributed by atoms with Crippen LogP contribution in [0.15, 0.2) is 18.2 Å². The summed E-state index contributed by atoms with van der Waals surface area (Å²) < 4.78 is 5.66. The minimum atomic E-state index is 0. The third-order valence-corrected chi connectivity index (χ3v) is 3.71. The molecule has 1 unspecified atom stereocenters. The van der Waals surface area contributed by atoms with Crippen LogP contribution in [0, 0.1) is 19.8 Å². The molecule has 1 saturated carbocycles. The number of rotatable bonds is 7. The molecule has 1 amide bonds. The van der Waals surface area contributed by atoms with Crippen molar-refractivity contribution in [2.45, 2.75) is 39.2 Å². The van der Waals surface area contributed by atoms with E-state index in [0.29, 0.717) is 25.5 Å². The number of halogens is 1. The molecule has 0 aromatic heterocycles. The van der Waals surface area contributed by atoms with E-state index in [4.69, 9.17) is 10.5 Å². The smallest absolute Gasteiger partial charge is 0.223 e. The molecule has 1 fully saturated rings. The highest BCUT2D eigenvalue weighted by molar-refractivity contribution is 5.85. The fraction of sp³-hybridized carbons (Fsp3) is 0.562. The molecule has 1 aromatic rings. The van der Waals surface area contributed by atoms with E-state index in [1.807, 2.05) is 19.1 Å². The first-order valence-electron chi connectivity index (χ1n) is 7.29. The van der Waals surface area contributed by atoms with Gasteiger partial charge in [0, 0.05) is 12.6 Å². The lowest BCUT2D eigenvalue weighted by Crippen LogP contribution is -2.42. The van der Waals surface area contributed by atoms with Gasteiger partial charge in [-0.25, -0.2) is 0 Å². The van der Waals surface area contributed by atoms with Gasteiger partial charge in [-0.3, -0.25) is 4.79 Å². The number of amides is 1. The van der Waals surface area contributed by atoms with Gasteiger partial charge in [-0.05, 0) is 44.2 Å². The molecule has 0 bridgehead atoms. The van der Waals surface area contributed by atoms with E-state index >= 15 is 0 Å². The number of hydrogen-bond acceptors (Lipinski definition) is 3. The van der Waals surface area contributed by atoms with E-state index in [-0.39, 0.29) is 24.4 Å². The Morgan fingerprint density at radius 1 is 1.43 bits per heavy atom. The highest BCUT2D eigenvalue weighted by Gasteiger charge is 2.31. The molecule has 0 spiro atoms. The van der Waals surface area contributed by atoms with Gasteiger partial charge in [0.05, 0.1) is 13.0 Å². The van der Waals surface area contributed by atoms with Gasteiger partial charge in [0.1, 0.15) is 5.75 Å². The summed E-state index contributed by atoms with van der Waals surface area (Å²) in [6, 6.07) is 6.19. The van der Waals surface area contributed by atoms with Crippen molar-refractivity contribution in [1.29, 1.82) is 0 Å². The molecular weight excluding hydrogens is 288 g/mol. The molecule has 1 aliphatic carbocycles. The number of nitrogens with one attached hydrogen (secondary N) is 1. The first-order valence-corrected chi connectivity index (χ1v) is 7.29. The van der Waals surface area contributed by atoms with E-state index in [1.54, 1.807) is 0 Å². The Bertz CT molecular complexity index is 475. The van der Waals surface area contributed by atoms with Crippen LogP contribution in [-0.4, -0.2) is 25.1 Å².